The van der Waals surface area contributed by atoms with Gasteiger partial charge in [-0.2, -0.15) is 8.42 Å². The molecule has 6 atom stereocenters. The third-order valence-corrected chi connectivity index (χ3v) is 5.63. The molecule has 3 aliphatic rings. The van der Waals surface area contributed by atoms with Crippen LogP contribution in [-0.4, -0.2) is 67.8 Å². The zero-order chi connectivity index (χ0) is 21.0. The molecule has 3 heterocycles. The van der Waals surface area contributed by atoms with Gasteiger partial charge in [0.15, 0.2) is 0 Å². The van der Waals surface area contributed by atoms with Crippen LogP contribution in [0.4, 0.5) is 0 Å². The summed E-state index contributed by atoms with van der Waals surface area (Å²) in [6.07, 6.45) is -0.177. The third kappa shape index (κ3) is 3.49. The normalized spacial score (nSPS) is 36.3. The molecule has 0 aliphatic carbocycles. The molecule has 8 nitrogen and oxygen atoms in total. The van der Waals surface area contributed by atoms with Crippen molar-refractivity contribution in [1.29, 1.82) is 0 Å². The van der Waals surface area contributed by atoms with Crippen molar-refractivity contribution >= 4 is 16.4 Å². The molecule has 1 aromatic carbocycles. The van der Waals surface area contributed by atoms with Crippen molar-refractivity contribution in [3.63, 3.8) is 0 Å². The van der Waals surface area contributed by atoms with Gasteiger partial charge in [-0.3, -0.25) is 14.2 Å². The Bertz CT molecular complexity index is 861. The van der Waals surface area contributed by atoms with E-state index in [0.717, 1.165) is 0 Å². The molecule has 9 heteroatoms. The van der Waals surface area contributed by atoms with Gasteiger partial charge < -0.3 is 9.47 Å². The largest absolute Gasteiger partial charge is 0.462 e. The van der Waals surface area contributed by atoms with Gasteiger partial charge in [-0.15, -0.1) is 0 Å². The fourth-order valence-electron chi connectivity index (χ4n) is 3.93. The first kappa shape index (κ1) is 14.5. The highest BCUT2D eigenvalue weighted by atomic mass is 32.3. The number of ether oxygens (including phenoxy) is 2. The Morgan fingerprint density at radius 3 is 2.58 bits per heavy atom. The van der Waals surface area contributed by atoms with E-state index in [1.807, 2.05) is 0 Å². The van der Waals surface area contributed by atoms with Crippen LogP contribution in [0.2, 0.25) is 0 Å². The van der Waals surface area contributed by atoms with Crippen LogP contribution in [0.15, 0.2) is 30.3 Å². The minimum atomic E-state index is -4.72. The second-order valence-electron chi connectivity index (χ2n) is 6.81. The maximum absolute atomic E-state index is 12.8. The van der Waals surface area contributed by atoms with Crippen LogP contribution in [0.5, 0.6) is 0 Å². The number of hydrogen-bond donors (Lipinski definition) is 1. The maximum Gasteiger partial charge on any atom is 0.397 e. The summed E-state index contributed by atoms with van der Waals surface area (Å²) in [5.41, 5.74) is 0.482. The molecule has 142 valence electrons. The summed E-state index contributed by atoms with van der Waals surface area (Å²) in [7, 11) is -4.72. The van der Waals surface area contributed by atoms with Crippen LogP contribution in [0.3, 0.4) is 0 Å². The van der Waals surface area contributed by atoms with Gasteiger partial charge in [-0.1, -0.05) is 30.3 Å². The standard InChI is InChI=1S/C17H21NO7S/c1-18-13-7-11(8-14(18)16-15(13)25-16)24-17(19)12(9-23-26(20,21)22)10-5-3-2-4-6-10/h2-6,11-16H,7-9H2,1H3,(H,20,21,22)/t11?,12-,13-,14+,15-,16+/m1/s1/i1D3. The zero-order valence-electron chi connectivity index (χ0n) is 16.7. The molecule has 0 aromatic heterocycles. The molecule has 3 aliphatic heterocycles. The van der Waals surface area contributed by atoms with Crippen LogP contribution in [-0.2, 0) is 28.9 Å². The Morgan fingerprint density at radius 1 is 1.35 bits per heavy atom. The Labute approximate surface area is 156 Å². The van der Waals surface area contributed by atoms with Crippen molar-refractivity contribution in [3.8, 4) is 0 Å². The number of epoxide rings is 1. The van der Waals surface area contributed by atoms with Crippen LogP contribution in [0.25, 0.3) is 0 Å². The molecule has 2 bridgehead atoms. The van der Waals surface area contributed by atoms with Crippen molar-refractivity contribution in [2.24, 2.45) is 0 Å². The van der Waals surface area contributed by atoms with E-state index in [9.17, 15) is 13.2 Å². The number of piperidine rings is 1. The molecule has 0 saturated carbocycles. The zero-order valence-corrected chi connectivity index (χ0v) is 14.5. The Hall–Kier alpha value is -1.52. The molecule has 1 aromatic rings. The quantitative estimate of drug-likeness (QED) is 0.434. The molecule has 0 spiro atoms. The number of morpholine rings is 1. The number of carbonyl (C=O) groups excluding carboxylic acids is 1. The van der Waals surface area contributed by atoms with E-state index in [4.69, 9.17) is 18.1 Å². The highest BCUT2D eigenvalue weighted by Gasteiger charge is 2.62. The van der Waals surface area contributed by atoms with Gasteiger partial charge in [0.1, 0.15) is 24.2 Å². The molecule has 1 N–H and O–H groups in total. The summed E-state index contributed by atoms with van der Waals surface area (Å²) < 4.78 is 69.6. The van der Waals surface area contributed by atoms with Crippen molar-refractivity contribution in [2.75, 3.05) is 13.6 Å². The monoisotopic (exact) mass is 386 g/mol. The van der Waals surface area contributed by atoms with Crippen molar-refractivity contribution in [2.45, 2.75) is 49.2 Å². The molecule has 0 radical (unpaired) electrons. The summed E-state index contributed by atoms with van der Waals surface area (Å²) in [4.78, 5) is 14.3. The lowest BCUT2D eigenvalue weighted by Crippen LogP contribution is -2.48. The first-order valence-electron chi connectivity index (χ1n) is 9.86. The number of nitrogens with zero attached hydrogens (tertiary/aromatic N) is 1. The second-order valence-corrected chi connectivity index (χ2v) is 7.90. The fraction of sp³-hybridized carbons (Fsp3) is 0.588. The van der Waals surface area contributed by atoms with Gasteiger partial charge in [0.2, 0.25) is 0 Å². The predicted octanol–water partition coefficient (Wildman–Crippen LogP) is 0.745. The minimum Gasteiger partial charge on any atom is -0.462 e. The van der Waals surface area contributed by atoms with E-state index in [-0.39, 0.29) is 24.3 Å². The van der Waals surface area contributed by atoms with E-state index >= 15 is 0 Å². The topological polar surface area (TPSA) is 106 Å². The lowest BCUT2D eigenvalue weighted by atomic mass is 9.97. The van der Waals surface area contributed by atoms with Crippen LogP contribution >= 0.6 is 0 Å². The molecule has 1 unspecified atom stereocenters. The van der Waals surface area contributed by atoms with Gasteiger partial charge in [-0.05, 0) is 12.5 Å². The summed E-state index contributed by atoms with van der Waals surface area (Å²) in [5.74, 6) is -1.75. The average Bonchev–Trinajstić information content (AvgIpc) is 3.37. The first-order chi connectivity index (χ1) is 13.5. The molecular formula is C17H21NO7S. The number of fused-ring (bicyclic) bond motifs is 5. The summed E-state index contributed by atoms with van der Waals surface area (Å²) >= 11 is 0. The number of hydrogen-bond acceptors (Lipinski definition) is 7. The van der Waals surface area contributed by atoms with Crippen LogP contribution < -0.4 is 0 Å². The Balaban J connectivity index is 1.46. The number of rotatable bonds is 6. The molecule has 3 fully saturated rings. The molecule has 0 amide bonds. The van der Waals surface area contributed by atoms with E-state index in [1.54, 1.807) is 30.3 Å². The van der Waals surface area contributed by atoms with Gasteiger partial charge in [0, 0.05) is 29.0 Å². The molecule has 4 rings (SSSR count). The highest BCUT2D eigenvalue weighted by Crippen LogP contribution is 2.48. The lowest BCUT2D eigenvalue weighted by molar-refractivity contribution is -0.156. The van der Waals surface area contributed by atoms with Gasteiger partial charge in [0.05, 0.1) is 6.61 Å². The molecular weight excluding hydrogens is 362 g/mol. The SMILES string of the molecule is [2H]C([2H])([2H])N1[C@@H]2CC(OC(=O)[C@H](COS(=O)(=O)O)c3ccccc3)C[C@H]1[C@@H]1O[C@@H]12. The fourth-order valence-corrected chi connectivity index (χ4v) is 4.24. The van der Waals surface area contributed by atoms with E-state index in [1.165, 1.54) is 4.90 Å². The molecule has 3 saturated heterocycles. The summed E-state index contributed by atoms with van der Waals surface area (Å²) in [5, 5.41) is 0. The second kappa shape index (κ2) is 6.58. The Kier molecular flexibility index (Phi) is 3.67. The first-order valence-corrected chi connectivity index (χ1v) is 9.72. The van der Waals surface area contributed by atoms with Gasteiger partial charge >= 0.3 is 16.4 Å². The summed E-state index contributed by atoms with van der Waals surface area (Å²) in [6, 6.07) is 7.66. The van der Waals surface area contributed by atoms with Crippen molar-refractivity contribution < 1.29 is 35.5 Å². The number of carbonyl (C=O) groups is 1. The van der Waals surface area contributed by atoms with E-state index < -0.39 is 42.0 Å². The predicted molar refractivity (Wildman–Crippen MR) is 89.8 cm³/mol. The number of esters is 1. The summed E-state index contributed by atoms with van der Waals surface area (Å²) in [6.45, 7) is -2.84. The smallest absolute Gasteiger partial charge is 0.397 e. The van der Waals surface area contributed by atoms with Crippen LogP contribution in [0, 0.1) is 0 Å². The average molecular weight is 386 g/mol. The van der Waals surface area contributed by atoms with Crippen molar-refractivity contribution in [3.05, 3.63) is 35.9 Å². The molecule has 26 heavy (non-hydrogen) atoms. The van der Waals surface area contributed by atoms with E-state index in [2.05, 4.69) is 4.18 Å². The van der Waals surface area contributed by atoms with E-state index in [0.29, 0.717) is 18.4 Å². The highest BCUT2D eigenvalue weighted by molar-refractivity contribution is 7.80. The van der Waals surface area contributed by atoms with Gasteiger partial charge in [-0.25, -0.2) is 4.18 Å². The Morgan fingerprint density at radius 2 is 2.00 bits per heavy atom. The third-order valence-electron chi connectivity index (χ3n) is 5.20. The van der Waals surface area contributed by atoms with Crippen LogP contribution in [0.1, 0.15) is 28.4 Å². The van der Waals surface area contributed by atoms with Gasteiger partial charge in [0.25, 0.3) is 0 Å². The van der Waals surface area contributed by atoms with Crippen molar-refractivity contribution in [1.82, 2.24) is 4.90 Å². The maximum atomic E-state index is 12.8. The number of benzene rings is 1. The minimum absolute atomic E-state index is 0.156. The lowest BCUT2D eigenvalue weighted by Gasteiger charge is -2.38. The number of likely N-dealkylation sites (N-methyl/N-ethyl adjacent to an activating group) is 1.